The van der Waals surface area contributed by atoms with E-state index in [0.717, 1.165) is 5.56 Å². The van der Waals surface area contributed by atoms with Crippen LogP contribution in [0.4, 0.5) is 13.2 Å². The minimum absolute atomic E-state index is 0.00110. The van der Waals surface area contributed by atoms with Gasteiger partial charge in [0.25, 0.3) is 0 Å². The van der Waals surface area contributed by atoms with E-state index in [2.05, 4.69) is 10.6 Å². The number of likely N-dealkylation sites (tertiary alicyclic amines) is 1. The number of halogens is 3. The average molecular weight is 573 g/mol. The molecule has 0 aliphatic carbocycles. The Morgan fingerprint density at radius 1 is 0.975 bits per heavy atom. The monoisotopic (exact) mass is 572 g/mol. The molecule has 1 unspecified atom stereocenters. The molecular weight excluding hydrogens is 533 g/mol. The van der Waals surface area contributed by atoms with Gasteiger partial charge in [-0.1, -0.05) is 30.3 Å². The molecule has 3 amide bonds. The van der Waals surface area contributed by atoms with Gasteiger partial charge in [0.05, 0.1) is 6.04 Å². The van der Waals surface area contributed by atoms with Crippen molar-refractivity contribution in [3.05, 3.63) is 35.9 Å². The summed E-state index contributed by atoms with van der Waals surface area (Å²) in [6.07, 6.45) is -5.44. The van der Waals surface area contributed by atoms with Crippen molar-refractivity contribution in [3.63, 3.8) is 0 Å². The Labute approximate surface area is 231 Å². The molecule has 14 heteroatoms. The third kappa shape index (κ3) is 10.4. The van der Waals surface area contributed by atoms with Gasteiger partial charge in [-0.3, -0.25) is 19.2 Å². The van der Waals surface area contributed by atoms with Crippen LogP contribution in [0.3, 0.4) is 0 Å². The lowest BCUT2D eigenvalue weighted by Crippen LogP contribution is -2.60. The van der Waals surface area contributed by atoms with Crippen LogP contribution in [0.2, 0.25) is 0 Å². The zero-order valence-corrected chi connectivity index (χ0v) is 22.3. The van der Waals surface area contributed by atoms with Gasteiger partial charge in [0.15, 0.2) is 0 Å². The van der Waals surface area contributed by atoms with Gasteiger partial charge in [-0.15, -0.1) is 0 Å². The predicted octanol–water partition coefficient (Wildman–Crippen LogP) is 0.402. The molecule has 0 aromatic heterocycles. The van der Waals surface area contributed by atoms with E-state index in [9.17, 15) is 37.5 Å². The third-order valence-corrected chi connectivity index (χ3v) is 6.94. The molecule has 1 aliphatic heterocycles. The maximum atomic E-state index is 13.3. The molecule has 1 saturated heterocycles. The van der Waals surface area contributed by atoms with E-state index in [-0.39, 0.29) is 38.8 Å². The number of nitrogens with one attached hydrogen (secondary N) is 2. The van der Waals surface area contributed by atoms with Gasteiger partial charge in [0.1, 0.15) is 17.6 Å². The summed E-state index contributed by atoms with van der Waals surface area (Å²) in [6.45, 7) is 0.400. The highest BCUT2D eigenvalue weighted by molar-refractivity contribution is 5.93. The summed E-state index contributed by atoms with van der Waals surface area (Å²) in [5, 5.41) is 14.2. The number of benzene rings is 1. The topological polar surface area (TPSA) is 194 Å². The number of amides is 3. The number of carbonyl (C=O) groups excluding carboxylic acids is 3. The molecule has 1 aromatic carbocycles. The van der Waals surface area contributed by atoms with Gasteiger partial charge in [0, 0.05) is 19.5 Å². The Bertz CT molecular complexity index is 1000. The number of nitrogens with zero attached hydrogens (tertiary/aromatic N) is 1. The van der Waals surface area contributed by atoms with Gasteiger partial charge in [0.2, 0.25) is 17.7 Å². The van der Waals surface area contributed by atoms with E-state index in [0.29, 0.717) is 19.4 Å². The fourth-order valence-electron chi connectivity index (χ4n) is 4.40. The van der Waals surface area contributed by atoms with Crippen molar-refractivity contribution in [1.82, 2.24) is 15.5 Å². The molecule has 3 atom stereocenters. The second kappa shape index (κ2) is 15.0. The van der Waals surface area contributed by atoms with Crippen LogP contribution in [0.25, 0.3) is 0 Å². The minimum atomic E-state index is -4.58. The summed E-state index contributed by atoms with van der Waals surface area (Å²) in [5.41, 5.74) is 16.6. The molecule has 1 heterocycles. The molecule has 0 saturated carbocycles. The van der Waals surface area contributed by atoms with Crippen molar-refractivity contribution in [1.29, 1.82) is 0 Å². The molecule has 9 N–H and O–H groups in total. The van der Waals surface area contributed by atoms with Gasteiger partial charge in [-0.2, -0.15) is 13.2 Å². The van der Waals surface area contributed by atoms with Crippen molar-refractivity contribution in [3.8, 4) is 0 Å². The highest BCUT2D eigenvalue weighted by Gasteiger charge is 2.40. The standard InChI is InChI=1S/C26H39F3N6O5/c27-26(28,29)10-9-19(33-21(36)18(31)16-17-6-2-1-3-7-17)22(37)34-20(8-4-5-13-30)23(38)35-14-11-25(32,12-15-35)24(39)40/h1-3,6-7,18-20H,4-5,8-16,30-32H2,(H,33,36)(H,34,37)(H,39,40)/t18-,19?,20-/m1/s1. The Kier molecular flexibility index (Phi) is 12.3. The highest BCUT2D eigenvalue weighted by atomic mass is 19.4. The molecule has 40 heavy (non-hydrogen) atoms. The number of carboxylic acids is 1. The Morgan fingerprint density at radius 3 is 2.12 bits per heavy atom. The van der Waals surface area contributed by atoms with Gasteiger partial charge in [-0.25, -0.2) is 0 Å². The highest BCUT2D eigenvalue weighted by Crippen LogP contribution is 2.23. The lowest BCUT2D eigenvalue weighted by Gasteiger charge is -2.38. The molecule has 1 aromatic rings. The molecule has 1 fully saturated rings. The molecule has 2 rings (SSSR count). The molecule has 1 aliphatic rings. The first-order chi connectivity index (χ1) is 18.8. The van der Waals surface area contributed by atoms with E-state index in [1.165, 1.54) is 4.90 Å². The van der Waals surface area contributed by atoms with Gasteiger partial charge >= 0.3 is 12.1 Å². The van der Waals surface area contributed by atoms with Gasteiger partial charge in [-0.05, 0) is 57.1 Å². The lowest BCUT2D eigenvalue weighted by atomic mass is 9.88. The molecule has 0 radical (unpaired) electrons. The van der Waals surface area contributed by atoms with Crippen LogP contribution in [0.1, 0.15) is 50.5 Å². The molecule has 11 nitrogen and oxygen atoms in total. The maximum Gasteiger partial charge on any atom is 0.389 e. The normalized spacial score (nSPS) is 17.4. The zero-order valence-electron chi connectivity index (χ0n) is 22.3. The number of unbranched alkanes of at least 4 members (excludes halogenated alkanes) is 1. The Morgan fingerprint density at radius 2 is 1.57 bits per heavy atom. The summed E-state index contributed by atoms with van der Waals surface area (Å²) in [5.74, 6) is -3.45. The third-order valence-electron chi connectivity index (χ3n) is 6.94. The van der Waals surface area contributed by atoms with Crippen LogP contribution in [0.5, 0.6) is 0 Å². The fourth-order valence-corrected chi connectivity index (χ4v) is 4.40. The summed E-state index contributed by atoms with van der Waals surface area (Å²) >= 11 is 0. The summed E-state index contributed by atoms with van der Waals surface area (Å²) in [7, 11) is 0. The smallest absolute Gasteiger partial charge is 0.389 e. The van der Waals surface area contributed by atoms with Crippen LogP contribution in [0.15, 0.2) is 30.3 Å². The summed E-state index contributed by atoms with van der Waals surface area (Å²) in [6, 6.07) is 4.93. The van der Waals surface area contributed by atoms with Crippen LogP contribution in [0, 0.1) is 0 Å². The second-order valence-corrected chi connectivity index (χ2v) is 10.1. The average Bonchev–Trinajstić information content (AvgIpc) is 2.90. The van der Waals surface area contributed by atoms with E-state index in [1.54, 1.807) is 30.3 Å². The number of alkyl halides is 3. The fraction of sp³-hybridized carbons (Fsp3) is 0.615. The summed E-state index contributed by atoms with van der Waals surface area (Å²) < 4.78 is 39.1. The van der Waals surface area contributed by atoms with Crippen molar-refractivity contribution in [2.45, 2.75) is 81.2 Å². The van der Waals surface area contributed by atoms with Crippen molar-refractivity contribution in [2.75, 3.05) is 19.6 Å². The first kappa shape index (κ1) is 33.0. The van der Waals surface area contributed by atoms with Crippen molar-refractivity contribution < 1.29 is 37.5 Å². The largest absolute Gasteiger partial charge is 0.480 e. The van der Waals surface area contributed by atoms with Gasteiger partial charge < -0.3 is 37.8 Å². The first-order valence-electron chi connectivity index (χ1n) is 13.2. The minimum Gasteiger partial charge on any atom is -0.480 e. The Hall–Kier alpha value is -3.23. The van der Waals surface area contributed by atoms with Crippen LogP contribution >= 0.6 is 0 Å². The van der Waals surface area contributed by atoms with E-state index in [1.807, 2.05) is 0 Å². The van der Waals surface area contributed by atoms with E-state index >= 15 is 0 Å². The number of piperidine rings is 1. The number of hydrogen-bond acceptors (Lipinski definition) is 7. The van der Waals surface area contributed by atoms with E-state index in [4.69, 9.17) is 17.2 Å². The number of carboxylic acid groups (broad SMARTS) is 1. The quantitative estimate of drug-likeness (QED) is 0.172. The molecule has 0 bridgehead atoms. The number of aliphatic carboxylic acids is 1. The summed E-state index contributed by atoms with van der Waals surface area (Å²) in [4.78, 5) is 52.0. The Balaban J connectivity index is 2.14. The number of carbonyl (C=O) groups is 4. The molecular formula is C26H39F3N6O5. The zero-order chi connectivity index (χ0) is 29.9. The predicted molar refractivity (Wildman–Crippen MR) is 141 cm³/mol. The SMILES string of the molecule is NCCCC[C@@H](NC(=O)C(CCC(F)(F)F)NC(=O)[C@H](N)Cc1ccccc1)C(=O)N1CCC(N)(C(=O)O)CC1. The lowest BCUT2D eigenvalue weighted by molar-refractivity contribution is -0.148. The first-order valence-corrected chi connectivity index (χ1v) is 13.2. The van der Waals surface area contributed by atoms with Crippen molar-refractivity contribution in [2.24, 2.45) is 17.2 Å². The van der Waals surface area contributed by atoms with E-state index < -0.39 is 66.4 Å². The number of nitrogens with two attached hydrogens (primary N) is 3. The van der Waals surface area contributed by atoms with Crippen LogP contribution in [-0.4, -0.2) is 83.2 Å². The second-order valence-electron chi connectivity index (χ2n) is 10.1. The van der Waals surface area contributed by atoms with Crippen molar-refractivity contribution >= 4 is 23.7 Å². The van der Waals surface area contributed by atoms with Crippen LogP contribution in [-0.2, 0) is 25.6 Å². The molecule has 224 valence electrons. The number of hydrogen-bond donors (Lipinski definition) is 6. The van der Waals surface area contributed by atoms with Crippen LogP contribution < -0.4 is 27.8 Å². The molecule has 0 spiro atoms. The number of rotatable bonds is 14. The maximum absolute atomic E-state index is 13.3.